The lowest BCUT2D eigenvalue weighted by molar-refractivity contribution is 0.340. The van der Waals surface area contributed by atoms with E-state index in [1.807, 2.05) is 49.7 Å². The molecule has 3 heterocycles. The molecule has 3 aromatic heterocycles. The molecule has 0 atom stereocenters. The van der Waals surface area contributed by atoms with Gasteiger partial charge in [0.15, 0.2) is 16.3 Å². The predicted octanol–water partition coefficient (Wildman–Crippen LogP) is 3.62. The van der Waals surface area contributed by atoms with Gasteiger partial charge >= 0.3 is 0 Å². The van der Waals surface area contributed by atoms with Crippen molar-refractivity contribution in [3.05, 3.63) is 51.9 Å². The molecule has 0 amide bonds. The summed E-state index contributed by atoms with van der Waals surface area (Å²) < 4.78 is 13.4. The van der Waals surface area contributed by atoms with Gasteiger partial charge in [0.1, 0.15) is 17.3 Å². The van der Waals surface area contributed by atoms with Gasteiger partial charge in [0, 0.05) is 12.8 Å². The van der Waals surface area contributed by atoms with Gasteiger partial charge in [-0.1, -0.05) is 23.9 Å². The van der Waals surface area contributed by atoms with E-state index >= 15 is 0 Å². The molecule has 0 saturated heterocycles. The molecule has 0 aliphatic carbocycles. The van der Waals surface area contributed by atoms with Crippen LogP contribution in [-0.2, 0) is 12.8 Å². The molecule has 0 spiro atoms. The SMILES string of the molecule is CCOc1ccccc1-c1nc(CSc2nc3c(=O)[nH]c(C)nc3n2C)c(C)o1. The molecule has 29 heavy (non-hydrogen) atoms. The van der Waals surface area contributed by atoms with Gasteiger partial charge in [-0.05, 0) is 32.9 Å². The van der Waals surface area contributed by atoms with Gasteiger partial charge in [-0.3, -0.25) is 4.79 Å². The minimum atomic E-state index is -0.234. The van der Waals surface area contributed by atoms with E-state index in [4.69, 9.17) is 9.15 Å². The topological polar surface area (TPSA) is 98.8 Å². The third-order valence-electron chi connectivity index (χ3n) is 4.45. The monoisotopic (exact) mass is 411 g/mol. The molecule has 4 rings (SSSR count). The Morgan fingerprint density at radius 1 is 1.21 bits per heavy atom. The van der Waals surface area contributed by atoms with Crippen molar-refractivity contribution in [1.29, 1.82) is 0 Å². The van der Waals surface area contributed by atoms with Crippen molar-refractivity contribution in [1.82, 2.24) is 24.5 Å². The number of H-pyrrole nitrogens is 1. The first-order valence-electron chi connectivity index (χ1n) is 9.22. The number of imidazole rings is 1. The van der Waals surface area contributed by atoms with Crippen LogP contribution < -0.4 is 10.3 Å². The second-order valence-electron chi connectivity index (χ2n) is 6.52. The molecule has 0 aliphatic rings. The van der Waals surface area contributed by atoms with E-state index in [2.05, 4.69) is 19.9 Å². The lowest BCUT2D eigenvalue weighted by Crippen LogP contribution is -2.10. The van der Waals surface area contributed by atoms with Crippen molar-refractivity contribution in [3.63, 3.8) is 0 Å². The van der Waals surface area contributed by atoms with Crippen LogP contribution in [0.2, 0.25) is 0 Å². The van der Waals surface area contributed by atoms with Crippen molar-refractivity contribution < 1.29 is 9.15 Å². The fraction of sp³-hybridized carbons (Fsp3) is 0.300. The number of nitrogens with one attached hydrogen (secondary N) is 1. The highest BCUT2D eigenvalue weighted by atomic mass is 32.2. The lowest BCUT2D eigenvalue weighted by Gasteiger charge is -2.06. The van der Waals surface area contributed by atoms with Crippen LogP contribution in [0.25, 0.3) is 22.6 Å². The van der Waals surface area contributed by atoms with Gasteiger partial charge in [-0.15, -0.1) is 0 Å². The average molecular weight is 411 g/mol. The summed E-state index contributed by atoms with van der Waals surface area (Å²) in [5.41, 5.74) is 2.31. The van der Waals surface area contributed by atoms with Crippen molar-refractivity contribution in [2.75, 3.05) is 6.61 Å². The Bertz CT molecular complexity index is 1240. The number of fused-ring (bicyclic) bond motifs is 1. The van der Waals surface area contributed by atoms with Crippen LogP contribution in [0.4, 0.5) is 0 Å². The summed E-state index contributed by atoms with van der Waals surface area (Å²) in [6.45, 7) is 6.15. The molecule has 0 bridgehead atoms. The number of thioether (sulfide) groups is 1. The van der Waals surface area contributed by atoms with Crippen LogP contribution >= 0.6 is 11.8 Å². The molecule has 9 heteroatoms. The van der Waals surface area contributed by atoms with Crippen LogP contribution in [0.15, 0.2) is 38.6 Å². The summed E-state index contributed by atoms with van der Waals surface area (Å²) >= 11 is 1.48. The van der Waals surface area contributed by atoms with Gasteiger partial charge in [0.25, 0.3) is 5.56 Å². The maximum atomic E-state index is 12.1. The molecule has 0 fully saturated rings. The standard InChI is InChI=1S/C20H21N5O3S/c1-5-27-15-9-7-6-8-13(15)19-23-14(11(2)28-19)10-29-20-24-16-17(25(20)4)21-12(3)22-18(16)26/h6-9H,5,10H2,1-4H3,(H,21,22,26). The Hall–Kier alpha value is -3.07. The van der Waals surface area contributed by atoms with Crippen molar-refractivity contribution >= 4 is 22.9 Å². The highest BCUT2D eigenvalue weighted by Gasteiger charge is 2.18. The quantitative estimate of drug-likeness (QED) is 0.484. The van der Waals surface area contributed by atoms with Crippen molar-refractivity contribution in [2.45, 2.75) is 31.7 Å². The maximum Gasteiger partial charge on any atom is 0.279 e. The van der Waals surface area contributed by atoms with Crippen LogP contribution in [-0.4, -0.2) is 31.1 Å². The summed E-state index contributed by atoms with van der Waals surface area (Å²) in [4.78, 5) is 28.3. The van der Waals surface area contributed by atoms with E-state index in [1.54, 1.807) is 6.92 Å². The Balaban J connectivity index is 1.61. The van der Waals surface area contributed by atoms with Crippen LogP contribution in [0.1, 0.15) is 24.2 Å². The van der Waals surface area contributed by atoms with E-state index in [1.165, 1.54) is 11.8 Å². The van der Waals surface area contributed by atoms with Crippen molar-refractivity contribution in [2.24, 2.45) is 7.05 Å². The number of aromatic amines is 1. The molecule has 8 nitrogen and oxygen atoms in total. The molecule has 150 valence electrons. The van der Waals surface area contributed by atoms with Gasteiger partial charge in [-0.2, -0.15) is 0 Å². The second-order valence-corrected chi connectivity index (χ2v) is 7.46. The molecular formula is C20H21N5O3S. The maximum absolute atomic E-state index is 12.1. The fourth-order valence-corrected chi connectivity index (χ4v) is 3.99. The highest BCUT2D eigenvalue weighted by molar-refractivity contribution is 7.98. The zero-order chi connectivity index (χ0) is 20.5. The van der Waals surface area contributed by atoms with E-state index in [0.717, 1.165) is 22.8 Å². The Kier molecular flexibility index (Phi) is 5.14. The number of nitrogens with zero attached hydrogens (tertiary/aromatic N) is 4. The number of hydrogen-bond acceptors (Lipinski definition) is 7. The zero-order valence-corrected chi connectivity index (χ0v) is 17.5. The minimum absolute atomic E-state index is 0.234. The van der Waals surface area contributed by atoms with E-state index < -0.39 is 0 Å². The smallest absolute Gasteiger partial charge is 0.279 e. The zero-order valence-electron chi connectivity index (χ0n) is 16.6. The highest BCUT2D eigenvalue weighted by Crippen LogP contribution is 2.32. The fourth-order valence-electron chi connectivity index (χ4n) is 3.02. The average Bonchev–Trinajstić information content (AvgIpc) is 3.21. The van der Waals surface area contributed by atoms with Gasteiger partial charge in [0.05, 0.1) is 17.9 Å². The summed E-state index contributed by atoms with van der Waals surface area (Å²) in [5, 5.41) is 0.697. The number of rotatable bonds is 6. The van der Waals surface area contributed by atoms with Gasteiger partial charge < -0.3 is 18.7 Å². The molecule has 1 N–H and O–H groups in total. The summed E-state index contributed by atoms with van der Waals surface area (Å²) in [7, 11) is 1.85. The lowest BCUT2D eigenvalue weighted by atomic mass is 10.2. The normalized spacial score (nSPS) is 11.3. The Labute approximate surface area is 171 Å². The van der Waals surface area contributed by atoms with E-state index in [9.17, 15) is 4.79 Å². The molecule has 0 saturated carbocycles. The Morgan fingerprint density at radius 3 is 2.79 bits per heavy atom. The largest absolute Gasteiger partial charge is 0.493 e. The third-order valence-corrected chi connectivity index (χ3v) is 5.50. The van der Waals surface area contributed by atoms with Crippen LogP contribution in [0.3, 0.4) is 0 Å². The van der Waals surface area contributed by atoms with Gasteiger partial charge in [-0.25, -0.2) is 15.0 Å². The summed E-state index contributed by atoms with van der Waals surface area (Å²) in [5.74, 6) is 3.13. The third kappa shape index (κ3) is 3.65. The summed E-state index contributed by atoms with van der Waals surface area (Å²) in [6.07, 6.45) is 0. The first-order valence-corrected chi connectivity index (χ1v) is 10.2. The molecule has 0 radical (unpaired) electrons. The molecule has 1 aromatic carbocycles. The first-order chi connectivity index (χ1) is 14.0. The number of aryl methyl sites for hydroxylation is 3. The number of benzene rings is 1. The number of hydrogen-bond donors (Lipinski definition) is 1. The van der Waals surface area contributed by atoms with Crippen LogP contribution in [0.5, 0.6) is 5.75 Å². The summed E-state index contributed by atoms with van der Waals surface area (Å²) in [6, 6.07) is 7.68. The molecular weight excluding hydrogens is 390 g/mol. The first kappa shape index (κ1) is 19.3. The van der Waals surface area contributed by atoms with Crippen LogP contribution in [0, 0.1) is 13.8 Å². The van der Waals surface area contributed by atoms with Crippen molar-refractivity contribution in [3.8, 4) is 17.2 Å². The number of para-hydroxylation sites is 1. The van der Waals surface area contributed by atoms with E-state index in [-0.39, 0.29) is 5.56 Å². The minimum Gasteiger partial charge on any atom is -0.493 e. The number of ether oxygens (including phenoxy) is 1. The molecule has 0 aliphatic heterocycles. The van der Waals surface area contributed by atoms with Gasteiger partial charge in [0.2, 0.25) is 5.89 Å². The number of oxazole rings is 1. The second kappa shape index (κ2) is 7.75. The number of aromatic nitrogens is 5. The Morgan fingerprint density at radius 2 is 2.00 bits per heavy atom. The predicted molar refractivity (Wildman–Crippen MR) is 111 cm³/mol. The molecule has 4 aromatic rings. The molecule has 0 unspecified atom stereocenters. The van der Waals surface area contributed by atoms with E-state index in [0.29, 0.717) is 40.4 Å².